The van der Waals surface area contributed by atoms with Crippen LogP contribution in [0.3, 0.4) is 0 Å². The molecular formula is C16H37NOSi. The maximum absolute atomic E-state index is 6.70. The van der Waals surface area contributed by atoms with Crippen LogP contribution >= 0.6 is 0 Å². The van der Waals surface area contributed by atoms with Gasteiger partial charge in [0.2, 0.25) is 8.32 Å². The summed E-state index contributed by atoms with van der Waals surface area (Å²) >= 11 is 0. The molecule has 2 nitrogen and oxygen atoms in total. The lowest BCUT2D eigenvalue weighted by Gasteiger charge is -2.45. The summed E-state index contributed by atoms with van der Waals surface area (Å²) in [4.78, 5) is 0. The third-order valence-corrected chi connectivity index (χ3v) is 10.8. The lowest BCUT2D eigenvalue weighted by atomic mass is 10.1. The molecule has 0 unspecified atom stereocenters. The lowest BCUT2D eigenvalue weighted by Crippen LogP contribution is -2.52. The molecule has 0 aromatic rings. The van der Waals surface area contributed by atoms with E-state index < -0.39 is 8.32 Å². The fraction of sp³-hybridized carbons (Fsp3) is 1.00. The van der Waals surface area contributed by atoms with E-state index in [0.29, 0.717) is 16.6 Å². The molecule has 0 aromatic heterocycles. The quantitative estimate of drug-likeness (QED) is 0.600. The minimum Gasteiger partial charge on any atom is -0.412 e. The Labute approximate surface area is 122 Å². The zero-order valence-electron chi connectivity index (χ0n) is 14.5. The molecule has 0 spiro atoms. The van der Waals surface area contributed by atoms with Crippen molar-refractivity contribution >= 4 is 8.32 Å². The van der Waals surface area contributed by atoms with Gasteiger partial charge in [-0.15, -0.1) is 0 Å². The van der Waals surface area contributed by atoms with Crippen LogP contribution in [0.4, 0.5) is 0 Å². The summed E-state index contributed by atoms with van der Waals surface area (Å²) < 4.78 is 6.70. The molecule has 0 saturated carbocycles. The van der Waals surface area contributed by atoms with Gasteiger partial charge in [-0.1, -0.05) is 61.3 Å². The molecule has 116 valence electrons. The largest absolute Gasteiger partial charge is 0.412 e. The third kappa shape index (κ3) is 4.87. The van der Waals surface area contributed by atoms with Crippen LogP contribution in [0.25, 0.3) is 0 Å². The van der Waals surface area contributed by atoms with Gasteiger partial charge < -0.3 is 10.2 Å². The lowest BCUT2D eigenvalue weighted by molar-refractivity contribution is 0.157. The van der Waals surface area contributed by atoms with Crippen LogP contribution in [0.1, 0.15) is 74.7 Å². The summed E-state index contributed by atoms with van der Waals surface area (Å²) in [6, 6.07) is 0.183. The van der Waals surface area contributed by atoms with Crippen molar-refractivity contribution in [2.75, 3.05) is 0 Å². The van der Waals surface area contributed by atoms with E-state index in [9.17, 15) is 0 Å². The molecule has 0 heterocycles. The first-order valence-corrected chi connectivity index (χ1v) is 10.3. The molecule has 19 heavy (non-hydrogen) atoms. The smallest absolute Gasteiger partial charge is 0.200 e. The highest BCUT2D eigenvalue weighted by Crippen LogP contribution is 2.43. The maximum Gasteiger partial charge on any atom is 0.200 e. The molecular weight excluding hydrogens is 250 g/mol. The molecule has 2 N–H and O–H groups in total. The van der Waals surface area contributed by atoms with Crippen molar-refractivity contribution in [1.82, 2.24) is 0 Å². The molecule has 0 amide bonds. The molecule has 2 atom stereocenters. The average molecular weight is 288 g/mol. The number of nitrogens with two attached hydrogens (primary N) is 1. The summed E-state index contributed by atoms with van der Waals surface area (Å²) in [5.41, 5.74) is 8.21. The van der Waals surface area contributed by atoms with E-state index in [1.165, 1.54) is 12.8 Å². The van der Waals surface area contributed by atoms with Gasteiger partial charge in [0.15, 0.2) is 0 Å². The first kappa shape index (κ1) is 19.1. The molecule has 0 aromatic carbocycles. The van der Waals surface area contributed by atoms with Gasteiger partial charge in [0, 0.05) is 6.04 Å². The molecule has 0 aliphatic carbocycles. The predicted octanol–water partition coefficient (Wildman–Crippen LogP) is 5.08. The van der Waals surface area contributed by atoms with E-state index in [1.54, 1.807) is 0 Å². The minimum absolute atomic E-state index is 0.183. The summed E-state index contributed by atoms with van der Waals surface area (Å²) in [5.74, 6) is 0. The molecule has 0 rings (SSSR count). The zero-order valence-corrected chi connectivity index (χ0v) is 15.5. The first-order chi connectivity index (χ1) is 8.70. The summed E-state index contributed by atoms with van der Waals surface area (Å²) in [6.45, 7) is 18.4. The molecule has 0 saturated heterocycles. The van der Waals surface area contributed by atoms with Gasteiger partial charge in [-0.05, 0) is 30.0 Å². The van der Waals surface area contributed by atoms with Crippen LogP contribution in [0.15, 0.2) is 0 Å². The minimum atomic E-state index is -1.77. The van der Waals surface area contributed by atoms with Crippen LogP contribution < -0.4 is 5.73 Å². The normalized spacial score (nSPS) is 16.4. The standard InChI is InChI=1S/C16H37NOSi/c1-9-10-11-16(17)15(8)18-19(12(2)3,13(4)5)14(6)7/h12-16H,9-11,17H2,1-8H3/t15-,16-/m0/s1. The number of hydrogen-bond acceptors (Lipinski definition) is 2. The van der Waals surface area contributed by atoms with E-state index in [-0.39, 0.29) is 12.1 Å². The van der Waals surface area contributed by atoms with E-state index in [4.69, 9.17) is 10.2 Å². The molecule has 0 radical (unpaired) electrons. The predicted molar refractivity (Wildman–Crippen MR) is 89.1 cm³/mol. The number of rotatable bonds is 9. The SMILES string of the molecule is CCCC[C@H](N)[C@H](C)O[Si](C(C)C)(C(C)C)C(C)C. The van der Waals surface area contributed by atoms with E-state index in [1.807, 2.05) is 0 Å². The van der Waals surface area contributed by atoms with Gasteiger partial charge in [0.25, 0.3) is 0 Å². The van der Waals surface area contributed by atoms with Crippen molar-refractivity contribution in [3.63, 3.8) is 0 Å². The number of hydrogen-bond donors (Lipinski definition) is 1. The van der Waals surface area contributed by atoms with Gasteiger partial charge in [0.1, 0.15) is 0 Å². The van der Waals surface area contributed by atoms with Gasteiger partial charge in [0.05, 0.1) is 6.10 Å². The van der Waals surface area contributed by atoms with E-state index >= 15 is 0 Å². The van der Waals surface area contributed by atoms with Crippen molar-refractivity contribution in [3.8, 4) is 0 Å². The first-order valence-electron chi connectivity index (χ1n) is 8.13. The topological polar surface area (TPSA) is 35.2 Å². The molecule has 3 heteroatoms. The highest BCUT2D eigenvalue weighted by molar-refractivity contribution is 6.77. The maximum atomic E-state index is 6.70. The van der Waals surface area contributed by atoms with Crippen LogP contribution in [0, 0.1) is 0 Å². The molecule has 0 fully saturated rings. The molecule has 0 aliphatic heterocycles. The van der Waals surface area contributed by atoms with Crippen LogP contribution in [0.2, 0.25) is 16.6 Å². The van der Waals surface area contributed by atoms with E-state index in [2.05, 4.69) is 55.4 Å². The van der Waals surface area contributed by atoms with Gasteiger partial charge in [-0.25, -0.2) is 0 Å². The van der Waals surface area contributed by atoms with Gasteiger partial charge in [-0.2, -0.15) is 0 Å². The summed E-state index contributed by atoms with van der Waals surface area (Å²) in [7, 11) is -1.77. The van der Waals surface area contributed by atoms with Crippen LogP contribution in [-0.2, 0) is 4.43 Å². The van der Waals surface area contributed by atoms with Gasteiger partial charge in [-0.3, -0.25) is 0 Å². The Morgan fingerprint density at radius 2 is 1.32 bits per heavy atom. The van der Waals surface area contributed by atoms with Crippen molar-refractivity contribution in [2.45, 2.75) is 103 Å². The highest BCUT2D eigenvalue weighted by atomic mass is 28.4. The fourth-order valence-electron chi connectivity index (χ4n) is 3.49. The van der Waals surface area contributed by atoms with Crippen LogP contribution in [-0.4, -0.2) is 20.5 Å². The summed E-state index contributed by atoms with van der Waals surface area (Å²) in [6.07, 6.45) is 3.68. The Morgan fingerprint density at radius 1 is 0.895 bits per heavy atom. The van der Waals surface area contributed by atoms with E-state index in [0.717, 1.165) is 6.42 Å². The molecule has 0 aliphatic rings. The average Bonchev–Trinajstić information content (AvgIpc) is 2.30. The Kier molecular flexibility index (Phi) is 8.49. The zero-order chi connectivity index (χ0) is 15.2. The van der Waals surface area contributed by atoms with Crippen molar-refractivity contribution in [1.29, 1.82) is 0 Å². The number of unbranched alkanes of at least 4 members (excludes halogenated alkanes) is 1. The third-order valence-electron chi connectivity index (χ3n) is 4.59. The van der Waals surface area contributed by atoms with Crippen LogP contribution in [0.5, 0.6) is 0 Å². The second kappa shape index (κ2) is 8.43. The Bertz CT molecular complexity index is 219. The second-order valence-corrected chi connectivity index (χ2v) is 12.4. The van der Waals surface area contributed by atoms with Crippen molar-refractivity contribution in [3.05, 3.63) is 0 Å². The highest BCUT2D eigenvalue weighted by Gasteiger charge is 2.46. The van der Waals surface area contributed by atoms with Crippen molar-refractivity contribution < 1.29 is 4.43 Å². The molecule has 0 bridgehead atoms. The monoisotopic (exact) mass is 287 g/mol. The Hall–Kier alpha value is 0.137. The fourth-order valence-corrected chi connectivity index (χ4v) is 9.13. The van der Waals surface area contributed by atoms with Crippen molar-refractivity contribution in [2.24, 2.45) is 5.73 Å². The Morgan fingerprint density at radius 3 is 1.63 bits per heavy atom. The Balaban J connectivity index is 4.91. The van der Waals surface area contributed by atoms with Gasteiger partial charge >= 0.3 is 0 Å². The second-order valence-electron chi connectivity index (χ2n) is 6.95. The summed E-state index contributed by atoms with van der Waals surface area (Å²) in [5, 5.41) is 0.